The normalized spacial score (nSPS) is 11.4. The molecule has 0 bridgehead atoms. The number of fused-ring (bicyclic) bond motifs is 1. The maximum atomic E-state index is 13.5. The molecule has 0 aliphatic heterocycles. The van der Waals surface area contributed by atoms with Gasteiger partial charge in [-0.1, -0.05) is 37.6 Å². The van der Waals surface area contributed by atoms with Crippen LogP contribution in [0, 0.1) is 5.82 Å². The number of rotatable bonds is 7. The number of hydrogen-bond donors (Lipinski definition) is 2. The van der Waals surface area contributed by atoms with Crippen LogP contribution in [0.1, 0.15) is 19.8 Å². The number of aromatic nitrogens is 5. The highest BCUT2D eigenvalue weighted by atomic mass is 19.1. The van der Waals surface area contributed by atoms with E-state index in [2.05, 4.69) is 27.2 Å². The Hall–Kier alpha value is -4.01. The molecular weight excluding hydrogens is 399 g/mol. The minimum atomic E-state index is -0.392. The van der Waals surface area contributed by atoms with Gasteiger partial charge >= 0.3 is 0 Å². The van der Waals surface area contributed by atoms with Crippen LogP contribution in [0.2, 0.25) is 0 Å². The monoisotopic (exact) mass is 420 g/mol. The molecule has 0 saturated carbocycles. The first-order valence-corrected chi connectivity index (χ1v) is 9.89. The zero-order valence-electron chi connectivity index (χ0n) is 16.9. The number of aromatic hydroxyl groups is 1. The summed E-state index contributed by atoms with van der Waals surface area (Å²) in [6, 6.07) is 10.7. The lowest BCUT2D eigenvalue weighted by Gasteiger charge is -2.10. The van der Waals surface area contributed by atoms with Gasteiger partial charge in [-0.05, 0) is 30.7 Å². The Kier molecular flexibility index (Phi) is 5.74. The maximum Gasteiger partial charge on any atom is 0.278 e. The lowest BCUT2D eigenvalue weighted by molar-refractivity contribution is 0.450. The lowest BCUT2D eigenvalue weighted by atomic mass is 10.3. The van der Waals surface area contributed by atoms with E-state index in [0.29, 0.717) is 29.1 Å². The average molecular weight is 420 g/mol. The van der Waals surface area contributed by atoms with E-state index in [1.54, 1.807) is 28.9 Å². The van der Waals surface area contributed by atoms with Crippen molar-refractivity contribution in [2.45, 2.75) is 26.3 Å². The van der Waals surface area contributed by atoms with Crippen molar-refractivity contribution in [1.29, 1.82) is 0 Å². The summed E-state index contributed by atoms with van der Waals surface area (Å²) in [5, 5.41) is 13.1. The summed E-state index contributed by atoms with van der Waals surface area (Å²) in [5.74, 6) is -0.0268. The zero-order valence-corrected chi connectivity index (χ0v) is 16.9. The highest BCUT2D eigenvalue weighted by Crippen LogP contribution is 2.19. The fourth-order valence-electron chi connectivity index (χ4n) is 3.17. The predicted molar refractivity (Wildman–Crippen MR) is 116 cm³/mol. The maximum absolute atomic E-state index is 13.5. The van der Waals surface area contributed by atoms with Gasteiger partial charge in [0.1, 0.15) is 11.2 Å². The number of nitrogens with one attached hydrogen (secondary N) is 1. The van der Waals surface area contributed by atoms with Crippen LogP contribution in [-0.4, -0.2) is 29.4 Å². The Labute approximate surface area is 177 Å². The van der Waals surface area contributed by atoms with Crippen molar-refractivity contribution < 1.29 is 9.50 Å². The van der Waals surface area contributed by atoms with Gasteiger partial charge in [0.2, 0.25) is 11.8 Å². The first-order valence-electron chi connectivity index (χ1n) is 9.89. The van der Waals surface area contributed by atoms with Crippen LogP contribution in [0.4, 0.5) is 16.0 Å². The molecule has 2 N–H and O–H groups in total. The SMILES string of the molecule is CCC/C=C\Cn1c(=O)c2cnc(Nc3cccc(F)c3)nc2n1-c1cccc(O)n1. The standard InChI is InChI=1S/C22H21FN6O2/c1-2-3-4-5-12-28-21(31)17-14-24-22(25-16-9-6-8-15(23)13-16)27-20(17)29(28)18-10-7-11-19(30)26-18/h4-11,13-14H,2-3,12H2,1H3,(H,26,30)(H,24,25,27)/b5-4-. The Balaban J connectivity index is 1.85. The summed E-state index contributed by atoms with van der Waals surface area (Å²) in [4.78, 5) is 25.9. The van der Waals surface area contributed by atoms with E-state index in [1.165, 1.54) is 29.1 Å². The second-order valence-electron chi connectivity index (χ2n) is 6.88. The number of pyridine rings is 1. The van der Waals surface area contributed by atoms with E-state index < -0.39 is 5.82 Å². The Morgan fingerprint density at radius 1 is 1.16 bits per heavy atom. The van der Waals surface area contributed by atoms with Crippen molar-refractivity contribution in [3.05, 3.63) is 77.0 Å². The van der Waals surface area contributed by atoms with Crippen LogP contribution in [0.15, 0.2) is 65.6 Å². The molecule has 0 unspecified atom stereocenters. The second-order valence-corrected chi connectivity index (χ2v) is 6.88. The van der Waals surface area contributed by atoms with Crippen molar-refractivity contribution in [3.63, 3.8) is 0 Å². The minimum Gasteiger partial charge on any atom is -0.493 e. The summed E-state index contributed by atoms with van der Waals surface area (Å²) < 4.78 is 16.5. The molecular formula is C22H21FN6O2. The smallest absolute Gasteiger partial charge is 0.278 e. The predicted octanol–water partition coefficient (Wildman–Crippen LogP) is 3.92. The highest BCUT2D eigenvalue weighted by molar-refractivity contribution is 5.77. The van der Waals surface area contributed by atoms with Gasteiger partial charge in [0.25, 0.3) is 5.56 Å². The van der Waals surface area contributed by atoms with Crippen LogP contribution in [-0.2, 0) is 6.54 Å². The minimum absolute atomic E-state index is 0.174. The van der Waals surface area contributed by atoms with Gasteiger partial charge in [-0.3, -0.25) is 4.79 Å². The topological polar surface area (TPSA) is 97.9 Å². The Bertz CT molecular complexity index is 1310. The van der Waals surface area contributed by atoms with Gasteiger partial charge < -0.3 is 10.4 Å². The molecule has 9 heteroatoms. The van der Waals surface area contributed by atoms with Gasteiger partial charge in [-0.2, -0.15) is 9.97 Å². The lowest BCUT2D eigenvalue weighted by Crippen LogP contribution is -2.22. The molecule has 0 atom stereocenters. The van der Waals surface area contributed by atoms with E-state index in [1.807, 2.05) is 12.2 Å². The van der Waals surface area contributed by atoms with Gasteiger partial charge in [-0.15, -0.1) is 0 Å². The highest BCUT2D eigenvalue weighted by Gasteiger charge is 2.18. The van der Waals surface area contributed by atoms with E-state index in [9.17, 15) is 14.3 Å². The molecule has 0 amide bonds. The molecule has 0 spiro atoms. The molecule has 3 heterocycles. The number of allylic oxidation sites excluding steroid dienone is 2. The molecule has 0 aliphatic rings. The number of nitrogens with zero attached hydrogens (tertiary/aromatic N) is 5. The molecule has 0 saturated heterocycles. The average Bonchev–Trinajstić information content (AvgIpc) is 3.02. The van der Waals surface area contributed by atoms with Gasteiger partial charge in [0, 0.05) is 18.0 Å². The van der Waals surface area contributed by atoms with Crippen LogP contribution < -0.4 is 10.9 Å². The van der Waals surface area contributed by atoms with Gasteiger partial charge in [0.05, 0.1) is 6.54 Å². The zero-order chi connectivity index (χ0) is 21.8. The molecule has 4 aromatic rings. The van der Waals surface area contributed by atoms with E-state index in [4.69, 9.17) is 0 Å². The molecule has 158 valence electrons. The largest absolute Gasteiger partial charge is 0.493 e. The second kappa shape index (κ2) is 8.78. The Morgan fingerprint density at radius 3 is 2.77 bits per heavy atom. The van der Waals surface area contributed by atoms with Crippen LogP contribution >= 0.6 is 0 Å². The van der Waals surface area contributed by atoms with Crippen LogP contribution in [0.3, 0.4) is 0 Å². The molecule has 4 rings (SSSR count). The summed E-state index contributed by atoms with van der Waals surface area (Å²) in [6.45, 7) is 2.38. The first-order chi connectivity index (χ1) is 15.1. The number of anilines is 2. The molecule has 8 nitrogen and oxygen atoms in total. The van der Waals surface area contributed by atoms with E-state index >= 15 is 0 Å². The number of halogens is 1. The molecule has 3 aromatic heterocycles. The fourth-order valence-corrected chi connectivity index (χ4v) is 3.17. The molecule has 1 aromatic carbocycles. The third kappa shape index (κ3) is 4.30. The van der Waals surface area contributed by atoms with Crippen LogP contribution in [0.5, 0.6) is 5.88 Å². The van der Waals surface area contributed by atoms with Crippen molar-refractivity contribution in [3.8, 4) is 11.7 Å². The van der Waals surface area contributed by atoms with Crippen molar-refractivity contribution in [1.82, 2.24) is 24.3 Å². The van der Waals surface area contributed by atoms with Crippen LogP contribution in [0.25, 0.3) is 16.9 Å². The fraction of sp³-hybridized carbons (Fsp3) is 0.182. The summed E-state index contributed by atoms with van der Waals surface area (Å²) in [6.07, 6.45) is 7.25. The van der Waals surface area contributed by atoms with Gasteiger partial charge in [-0.25, -0.2) is 18.7 Å². The summed E-state index contributed by atoms with van der Waals surface area (Å²) in [5.41, 5.74) is 0.519. The summed E-state index contributed by atoms with van der Waals surface area (Å²) in [7, 11) is 0. The number of hydrogen-bond acceptors (Lipinski definition) is 6. The first kappa shape index (κ1) is 20.3. The van der Waals surface area contributed by atoms with Crippen molar-refractivity contribution >= 4 is 22.7 Å². The van der Waals surface area contributed by atoms with E-state index in [0.717, 1.165) is 12.8 Å². The van der Waals surface area contributed by atoms with Crippen molar-refractivity contribution in [2.75, 3.05) is 5.32 Å². The molecule has 0 radical (unpaired) electrons. The molecule has 0 aliphatic carbocycles. The van der Waals surface area contributed by atoms with Gasteiger partial charge in [0.15, 0.2) is 11.5 Å². The Morgan fingerprint density at radius 2 is 2.00 bits per heavy atom. The third-order valence-corrected chi connectivity index (χ3v) is 4.59. The number of unbranched alkanes of at least 4 members (excludes halogenated alkanes) is 1. The molecule has 31 heavy (non-hydrogen) atoms. The van der Waals surface area contributed by atoms with E-state index in [-0.39, 0.29) is 17.4 Å². The quantitative estimate of drug-likeness (QED) is 0.440. The molecule has 0 fully saturated rings. The third-order valence-electron chi connectivity index (χ3n) is 4.59. The summed E-state index contributed by atoms with van der Waals surface area (Å²) >= 11 is 0. The van der Waals surface area contributed by atoms with Crippen molar-refractivity contribution in [2.24, 2.45) is 0 Å². The number of benzene rings is 1.